The minimum absolute atomic E-state index is 0.0436. The molecule has 1 aromatic carbocycles. The van der Waals surface area contributed by atoms with Crippen molar-refractivity contribution in [2.75, 3.05) is 7.11 Å². The maximum absolute atomic E-state index is 5.81. The van der Waals surface area contributed by atoms with Crippen LogP contribution in [0.2, 0.25) is 0 Å². The molecule has 84 valence electrons. The van der Waals surface area contributed by atoms with Gasteiger partial charge in [0.1, 0.15) is 11.9 Å². The third-order valence-electron chi connectivity index (χ3n) is 3.10. The number of hydrogen-bond donors (Lipinski definition) is 0. The van der Waals surface area contributed by atoms with Crippen molar-refractivity contribution in [3.8, 4) is 5.75 Å². The maximum atomic E-state index is 5.81. The van der Waals surface area contributed by atoms with Gasteiger partial charge in [-0.05, 0) is 18.6 Å². The van der Waals surface area contributed by atoms with Crippen molar-refractivity contribution in [1.29, 1.82) is 0 Å². The summed E-state index contributed by atoms with van der Waals surface area (Å²) in [6, 6.07) is 5.96. The van der Waals surface area contributed by atoms with Gasteiger partial charge in [0.15, 0.2) is 6.29 Å². The summed E-state index contributed by atoms with van der Waals surface area (Å²) in [6.45, 7) is 2.02. The van der Waals surface area contributed by atoms with Crippen LogP contribution in [-0.4, -0.2) is 19.3 Å². The summed E-state index contributed by atoms with van der Waals surface area (Å²) in [6.07, 6.45) is 3.97. The summed E-state index contributed by atoms with van der Waals surface area (Å²) >= 11 is 0. The molecule has 3 rings (SSSR count). The molecule has 0 aromatic heterocycles. The summed E-state index contributed by atoms with van der Waals surface area (Å²) in [5, 5.41) is 0. The first-order valence-corrected chi connectivity index (χ1v) is 5.45. The van der Waals surface area contributed by atoms with Gasteiger partial charge in [-0.15, -0.1) is 0 Å². The van der Waals surface area contributed by atoms with E-state index in [2.05, 4.69) is 12.2 Å². The normalized spacial score (nSPS) is 31.0. The van der Waals surface area contributed by atoms with Gasteiger partial charge in [0.25, 0.3) is 0 Å². The Kier molecular flexibility index (Phi) is 2.23. The van der Waals surface area contributed by atoms with Crippen LogP contribution in [0.3, 0.4) is 0 Å². The second-order valence-electron chi connectivity index (χ2n) is 4.10. The standard InChI is InChI=1S/C13H14O3/c1-8-10-7-6-9-4-3-5-11(14-2)12(9)13(15-8)16-10/h3-8,10,13H,1-2H3/t8-,10-,13+/m0/s1. The molecule has 0 unspecified atom stereocenters. The van der Waals surface area contributed by atoms with Gasteiger partial charge in [-0.25, -0.2) is 0 Å². The van der Waals surface area contributed by atoms with Gasteiger partial charge in [-0.3, -0.25) is 0 Å². The highest BCUT2D eigenvalue weighted by atomic mass is 16.7. The lowest BCUT2D eigenvalue weighted by atomic mass is 10.0. The minimum Gasteiger partial charge on any atom is -0.496 e. The third kappa shape index (κ3) is 1.36. The highest BCUT2D eigenvalue weighted by Crippen LogP contribution is 2.41. The third-order valence-corrected chi connectivity index (χ3v) is 3.10. The van der Waals surface area contributed by atoms with Crippen molar-refractivity contribution in [2.45, 2.75) is 25.4 Å². The van der Waals surface area contributed by atoms with Crippen molar-refractivity contribution < 1.29 is 14.2 Å². The molecule has 0 radical (unpaired) electrons. The van der Waals surface area contributed by atoms with E-state index in [1.807, 2.05) is 25.1 Å². The van der Waals surface area contributed by atoms with Crippen LogP contribution in [-0.2, 0) is 9.47 Å². The number of rotatable bonds is 1. The SMILES string of the molecule is COc1cccc2c1[C@@H]1O[C@@H](C)[C@H](C=C2)O1. The van der Waals surface area contributed by atoms with Crippen molar-refractivity contribution >= 4 is 6.08 Å². The quantitative estimate of drug-likeness (QED) is 0.725. The van der Waals surface area contributed by atoms with Gasteiger partial charge in [0, 0.05) is 0 Å². The van der Waals surface area contributed by atoms with E-state index in [1.54, 1.807) is 7.11 Å². The van der Waals surface area contributed by atoms with Gasteiger partial charge in [-0.2, -0.15) is 0 Å². The first kappa shape index (κ1) is 9.87. The van der Waals surface area contributed by atoms with Crippen LogP contribution in [0.1, 0.15) is 24.3 Å². The number of methoxy groups -OCH3 is 1. The Morgan fingerprint density at radius 2 is 2.12 bits per heavy atom. The Morgan fingerprint density at radius 1 is 1.25 bits per heavy atom. The molecule has 1 saturated heterocycles. The van der Waals surface area contributed by atoms with Crippen LogP contribution in [0.5, 0.6) is 5.75 Å². The average molecular weight is 218 g/mol. The summed E-state index contributed by atoms with van der Waals surface area (Å²) in [5.74, 6) is 0.821. The molecule has 2 aliphatic rings. The molecular formula is C13H14O3. The second kappa shape index (κ2) is 3.61. The van der Waals surface area contributed by atoms with Gasteiger partial charge in [-0.1, -0.05) is 24.3 Å². The Hall–Kier alpha value is -1.32. The Balaban J connectivity index is 2.14. The molecule has 3 heteroatoms. The van der Waals surface area contributed by atoms with Crippen LogP contribution < -0.4 is 4.74 Å². The largest absolute Gasteiger partial charge is 0.496 e. The van der Waals surface area contributed by atoms with Crippen molar-refractivity contribution in [3.05, 3.63) is 35.4 Å². The minimum atomic E-state index is -0.304. The Labute approximate surface area is 94.6 Å². The summed E-state index contributed by atoms with van der Waals surface area (Å²) in [4.78, 5) is 0. The van der Waals surface area contributed by atoms with Crippen LogP contribution in [0.25, 0.3) is 6.08 Å². The molecule has 2 aliphatic heterocycles. The number of benzene rings is 1. The fraction of sp³-hybridized carbons (Fsp3) is 0.385. The second-order valence-corrected chi connectivity index (χ2v) is 4.10. The molecule has 0 aliphatic carbocycles. The van der Waals surface area contributed by atoms with E-state index in [9.17, 15) is 0 Å². The number of fused-ring (bicyclic) bond motifs is 4. The molecular weight excluding hydrogens is 204 g/mol. The first-order chi connectivity index (χ1) is 7.79. The first-order valence-electron chi connectivity index (χ1n) is 5.45. The van der Waals surface area contributed by atoms with Crippen LogP contribution in [0.15, 0.2) is 24.3 Å². The zero-order valence-electron chi connectivity index (χ0n) is 9.34. The van der Waals surface area contributed by atoms with Crippen LogP contribution >= 0.6 is 0 Å². The van der Waals surface area contributed by atoms with E-state index < -0.39 is 0 Å². The molecule has 3 atom stereocenters. The van der Waals surface area contributed by atoms with E-state index in [0.29, 0.717) is 0 Å². The summed E-state index contributed by atoms with van der Waals surface area (Å²) in [7, 11) is 1.67. The van der Waals surface area contributed by atoms with E-state index in [4.69, 9.17) is 14.2 Å². The van der Waals surface area contributed by atoms with E-state index in [-0.39, 0.29) is 18.5 Å². The fourth-order valence-corrected chi connectivity index (χ4v) is 2.23. The lowest BCUT2D eigenvalue weighted by Gasteiger charge is -2.16. The lowest BCUT2D eigenvalue weighted by Crippen LogP contribution is -2.15. The Bertz CT molecular complexity index is 439. The van der Waals surface area contributed by atoms with E-state index in [1.165, 1.54) is 0 Å². The van der Waals surface area contributed by atoms with Crippen LogP contribution in [0.4, 0.5) is 0 Å². The lowest BCUT2D eigenvalue weighted by molar-refractivity contribution is -0.0634. The molecule has 1 fully saturated rings. The predicted octanol–water partition coefficient (Wildman–Crippen LogP) is 2.52. The zero-order valence-corrected chi connectivity index (χ0v) is 9.34. The zero-order chi connectivity index (χ0) is 11.1. The van der Waals surface area contributed by atoms with Crippen molar-refractivity contribution in [3.63, 3.8) is 0 Å². The van der Waals surface area contributed by atoms with Crippen LogP contribution in [0, 0.1) is 0 Å². The van der Waals surface area contributed by atoms with Gasteiger partial charge in [0.2, 0.25) is 0 Å². The van der Waals surface area contributed by atoms with E-state index >= 15 is 0 Å². The van der Waals surface area contributed by atoms with Crippen molar-refractivity contribution in [1.82, 2.24) is 0 Å². The van der Waals surface area contributed by atoms with E-state index in [0.717, 1.165) is 16.9 Å². The Morgan fingerprint density at radius 3 is 2.94 bits per heavy atom. The number of hydrogen-bond acceptors (Lipinski definition) is 3. The molecule has 2 heterocycles. The van der Waals surface area contributed by atoms with Gasteiger partial charge >= 0.3 is 0 Å². The van der Waals surface area contributed by atoms with Gasteiger partial charge in [0.05, 0.1) is 18.8 Å². The predicted molar refractivity (Wildman–Crippen MR) is 60.2 cm³/mol. The highest BCUT2D eigenvalue weighted by molar-refractivity contribution is 5.60. The van der Waals surface area contributed by atoms with Crippen molar-refractivity contribution in [2.24, 2.45) is 0 Å². The summed E-state index contributed by atoms with van der Waals surface area (Å²) < 4.78 is 17.0. The topological polar surface area (TPSA) is 27.7 Å². The molecule has 0 spiro atoms. The highest BCUT2D eigenvalue weighted by Gasteiger charge is 2.36. The monoisotopic (exact) mass is 218 g/mol. The number of ether oxygens (including phenoxy) is 3. The smallest absolute Gasteiger partial charge is 0.189 e. The molecule has 3 nitrogen and oxygen atoms in total. The molecule has 0 amide bonds. The fourth-order valence-electron chi connectivity index (χ4n) is 2.23. The molecule has 0 N–H and O–H groups in total. The maximum Gasteiger partial charge on any atom is 0.189 e. The average Bonchev–Trinajstić information content (AvgIpc) is 2.54. The summed E-state index contributed by atoms with van der Waals surface area (Å²) in [5.41, 5.74) is 2.10. The molecule has 16 heavy (non-hydrogen) atoms. The van der Waals surface area contributed by atoms with Gasteiger partial charge < -0.3 is 14.2 Å². The molecule has 1 aromatic rings. The molecule has 0 saturated carbocycles. The molecule has 2 bridgehead atoms.